The Morgan fingerprint density at radius 2 is 1.62 bits per heavy atom. The second kappa shape index (κ2) is 25.1. The van der Waals surface area contributed by atoms with E-state index in [1.165, 1.54) is 7.11 Å². The third-order valence-corrected chi connectivity index (χ3v) is 15.4. The number of fused-ring (bicyclic) bond motifs is 3. The molecule has 6 bridgehead atoms. The zero-order chi connectivity index (χ0) is 48.3. The fourth-order valence-corrected chi connectivity index (χ4v) is 11.4. The normalized spacial score (nSPS) is 42.3. The average molecular weight is 928 g/mol. The van der Waals surface area contributed by atoms with Gasteiger partial charge in [-0.1, -0.05) is 64.2 Å². The second-order valence-corrected chi connectivity index (χ2v) is 20.1. The SMILES string of the molecule is CO[C@H]1C[C@H]2CC[C@@H](C)[C@@](O)(O2)C(=O)C(=O)N2CCCC3[C@H]2CO[C@H](CC(=O)[C@H](C)/C=C(\C)[C@@H](O)[C@@H](OC)C(=O)[C@H](C)C[C@H](C)/C=C/C=C/C=C/1C)[C@H]3C[C@@H]1CC[C@@H](OCCO)[C@H](OC)C1. The lowest BCUT2D eigenvalue weighted by atomic mass is 9.68. The van der Waals surface area contributed by atoms with E-state index in [9.17, 15) is 34.5 Å². The van der Waals surface area contributed by atoms with Crippen LogP contribution < -0.4 is 0 Å². The van der Waals surface area contributed by atoms with Crippen molar-refractivity contribution in [1.29, 1.82) is 0 Å². The van der Waals surface area contributed by atoms with Crippen LogP contribution in [-0.4, -0.2) is 146 Å². The first kappa shape index (κ1) is 54.0. The highest BCUT2D eigenvalue weighted by atomic mass is 16.6. The van der Waals surface area contributed by atoms with E-state index in [1.807, 2.05) is 51.2 Å². The smallest absolute Gasteiger partial charge is 0.296 e. The van der Waals surface area contributed by atoms with Gasteiger partial charge in [0.2, 0.25) is 5.79 Å². The standard InChI is InChI=1S/C52H81NO13/c1-31-14-11-10-12-15-32(2)44(61-7)28-38-19-17-36(6)52(60,66-38)50(58)51(59)53-21-13-16-39-40(26-37-18-20-43(64-23-22-54)46(27-37)62-8)45(65-30-41(39)53)29-42(55)33(3)25-35(5)48(57)49(63-9)47(56)34(4)24-31/h10-12,14-15,25,31,33-34,36-41,43-46,48-49,54,57,60H,13,16-24,26-30H2,1-9H3/b12-10+,14-11+,32-15+,35-25+/t31-,33-,34-,36-,37+,38-,39?,40+,41-,43-,44+,45-,46-,48-,49+,52-/m1/s1. The number of ketones is 3. The van der Waals surface area contributed by atoms with Crippen LogP contribution in [0.5, 0.6) is 0 Å². The van der Waals surface area contributed by atoms with E-state index in [0.717, 1.165) is 24.8 Å². The van der Waals surface area contributed by atoms with Crippen LogP contribution in [0.2, 0.25) is 0 Å². The van der Waals surface area contributed by atoms with E-state index in [0.29, 0.717) is 57.1 Å². The number of ether oxygens (including phenoxy) is 6. The summed E-state index contributed by atoms with van der Waals surface area (Å²) in [5, 5.41) is 33.0. The molecule has 3 saturated heterocycles. The van der Waals surface area contributed by atoms with Gasteiger partial charge in [0, 0.05) is 58.5 Å². The molecule has 0 spiro atoms. The molecule has 372 valence electrons. The Hall–Kier alpha value is -2.92. The van der Waals surface area contributed by atoms with Crippen molar-refractivity contribution >= 4 is 23.3 Å². The van der Waals surface area contributed by atoms with Crippen molar-refractivity contribution in [1.82, 2.24) is 4.90 Å². The lowest BCUT2D eigenvalue weighted by Crippen LogP contribution is -2.63. The van der Waals surface area contributed by atoms with Crippen LogP contribution in [0.15, 0.2) is 47.6 Å². The molecule has 1 unspecified atom stereocenters. The number of aliphatic hydroxyl groups excluding tert-OH is 2. The highest BCUT2D eigenvalue weighted by Crippen LogP contribution is 2.45. The monoisotopic (exact) mass is 928 g/mol. The Kier molecular flexibility index (Phi) is 20.5. The summed E-state index contributed by atoms with van der Waals surface area (Å²) in [4.78, 5) is 58.5. The van der Waals surface area contributed by atoms with Gasteiger partial charge in [-0.25, -0.2) is 0 Å². The third kappa shape index (κ3) is 13.2. The minimum Gasteiger partial charge on any atom is -0.394 e. The van der Waals surface area contributed by atoms with Crippen LogP contribution in [-0.2, 0) is 47.6 Å². The van der Waals surface area contributed by atoms with Crippen LogP contribution in [0.3, 0.4) is 0 Å². The molecule has 14 nitrogen and oxygen atoms in total. The minimum atomic E-state index is -2.32. The van der Waals surface area contributed by atoms with Crippen molar-refractivity contribution in [2.75, 3.05) is 47.7 Å². The quantitative estimate of drug-likeness (QED) is 0.193. The van der Waals surface area contributed by atoms with Crippen molar-refractivity contribution in [2.45, 2.75) is 167 Å². The van der Waals surface area contributed by atoms with Crippen molar-refractivity contribution in [3.8, 4) is 0 Å². The van der Waals surface area contributed by atoms with E-state index >= 15 is 0 Å². The Balaban J connectivity index is 1.48. The Morgan fingerprint density at radius 3 is 2.32 bits per heavy atom. The lowest BCUT2D eigenvalue weighted by Gasteiger charge is -2.51. The van der Waals surface area contributed by atoms with Gasteiger partial charge in [0.15, 0.2) is 5.78 Å². The predicted octanol–water partition coefficient (Wildman–Crippen LogP) is 5.89. The zero-order valence-electron chi connectivity index (χ0n) is 41.1. The lowest BCUT2D eigenvalue weighted by molar-refractivity contribution is -0.266. The highest BCUT2D eigenvalue weighted by molar-refractivity contribution is 6.38. The predicted molar refractivity (Wildman–Crippen MR) is 249 cm³/mol. The van der Waals surface area contributed by atoms with Gasteiger partial charge in [-0.15, -0.1) is 0 Å². The number of allylic oxidation sites excluding steroid dienone is 6. The summed E-state index contributed by atoms with van der Waals surface area (Å²) < 4.78 is 36.3. The number of aliphatic hydroxyl groups is 3. The van der Waals surface area contributed by atoms with Gasteiger partial charge in [0.05, 0.1) is 56.4 Å². The minimum absolute atomic E-state index is 0.0456. The number of amides is 1. The van der Waals surface area contributed by atoms with Gasteiger partial charge in [0.25, 0.3) is 11.7 Å². The first-order valence-corrected chi connectivity index (χ1v) is 24.6. The molecule has 4 heterocycles. The van der Waals surface area contributed by atoms with E-state index in [-0.39, 0.29) is 79.8 Å². The van der Waals surface area contributed by atoms with Crippen molar-refractivity contribution in [2.24, 2.45) is 41.4 Å². The van der Waals surface area contributed by atoms with Crippen LogP contribution >= 0.6 is 0 Å². The maximum atomic E-state index is 14.5. The molecule has 1 saturated carbocycles. The summed E-state index contributed by atoms with van der Waals surface area (Å²) in [5.41, 5.74) is 1.38. The number of hydrogen-bond acceptors (Lipinski definition) is 13. The summed E-state index contributed by atoms with van der Waals surface area (Å²) >= 11 is 0. The molecule has 1 amide bonds. The molecule has 3 N–H and O–H groups in total. The van der Waals surface area contributed by atoms with Gasteiger partial charge in [-0.2, -0.15) is 0 Å². The number of carbonyl (C=O) groups is 4. The van der Waals surface area contributed by atoms with E-state index in [4.69, 9.17) is 28.4 Å². The summed E-state index contributed by atoms with van der Waals surface area (Å²) in [5.74, 6) is -6.03. The summed E-state index contributed by atoms with van der Waals surface area (Å²) in [6.07, 6.45) is 13.8. The Labute approximate surface area is 393 Å². The number of piperidine rings is 1. The molecule has 16 atom stereocenters. The molecule has 1 aliphatic carbocycles. The summed E-state index contributed by atoms with van der Waals surface area (Å²) in [6.45, 7) is 11.7. The number of Topliss-reactive ketones (excluding diaryl/α,β-unsaturated/α-hetero) is 3. The van der Waals surface area contributed by atoms with E-state index < -0.39 is 65.7 Å². The molecule has 0 aromatic rings. The van der Waals surface area contributed by atoms with Gasteiger partial charge in [-0.05, 0) is 106 Å². The summed E-state index contributed by atoms with van der Waals surface area (Å²) in [7, 11) is 4.69. The Bertz CT molecular complexity index is 1760. The van der Waals surface area contributed by atoms with Gasteiger partial charge in [0.1, 0.15) is 18.0 Å². The molecule has 14 heteroatoms. The Morgan fingerprint density at radius 1 is 0.864 bits per heavy atom. The van der Waals surface area contributed by atoms with Gasteiger partial charge >= 0.3 is 0 Å². The first-order chi connectivity index (χ1) is 31.5. The van der Waals surface area contributed by atoms with Gasteiger partial charge < -0.3 is 48.6 Å². The number of hydrogen-bond donors (Lipinski definition) is 3. The van der Waals surface area contributed by atoms with Gasteiger partial charge in [-0.3, -0.25) is 19.2 Å². The fourth-order valence-electron chi connectivity index (χ4n) is 11.4. The molecule has 0 aromatic carbocycles. The second-order valence-electron chi connectivity index (χ2n) is 20.1. The molecule has 4 fully saturated rings. The molecule has 66 heavy (non-hydrogen) atoms. The first-order valence-electron chi connectivity index (χ1n) is 24.6. The molecule has 5 rings (SSSR count). The molecule has 5 aliphatic rings. The molecule has 0 aromatic heterocycles. The van der Waals surface area contributed by atoms with Crippen LogP contribution in [0.25, 0.3) is 0 Å². The number of nitrogens with zero attached hydrogens (tertiary/aromatic N) is 1. The molecule has 0 radical (unpaired) electrons. The van der Waals surface area contributed by atoms with Crippen LogP contribution in [0.4, 0.5) is 0 Å². The maximum absolute atomic E-state index is 14.5. The number of methoxy groups -OCH3 is 3. The zero-order valence-corrected chi connectivity index (χ0v) is 41.1. The molecular weight excluding hydrogens is 847 g/mol. The average Bonchev–Trinajstić information content (AvgIpc) is 3.30. The van der Waals surface area contributed by atoms with Crippen LogP contribution in [0.1, 0.15) is 112 Å². The number of rotatable bonds is 8. The topological polar surface area (TPSA) is 188 Å². The van der Waals surface area contributed by atoms with E-state index in [1.54, 1.807) is 46.0 Å². The fraction of sp³-hybridized carbons (Fsp3) is 0.769. The van der Waals surface area contributed by atoms with Crippen molar-refractivity contribution in [3.05, 3.63) is 47.6 Å². The molecular formula is C52H81NO13. The van der Waals surface area contributed by atoms with Crippen molar-refractivity contribution < 1.29 is 62.9 Å². The summed E-state index contributed by atoms with van der Waals surface area (Å²) in [6, 6.07) is -0.458. The maximum Gasteiger partial charge on any atom is 0.296 e. The van der Waals surface area contributed by atoms with Crippen LogP contribution in [0, 0.1) is 41.4 Å². The molecule has 4 aliphatic heterocycles. The van der Waals surface area contributed by atoms with Crippen molar-refractivity contribution in [3.63, 3.8) is 0 Å². The largest absolute Gasteiger partial charge is 0.394 e. The number of carbonyl (C=O) groups excluding carboxylic acids is 4. The van der Waals surface area contributed by atoms with E-state index in [2.05, 4.69) is 0 Å². The third-order valence-electron chi connectivity index (χ3n) is 15.4. The highest BCUT2D eigenvalue weighted by Gasteiger charge is 2.55.